The molecule has 4 rings (SSSR count). The van der Waals surface area contributed by atoms with Crippen molar-refractivity contribution < 1.29 is 19.1 Å². The Bertz CT molecular complexity index is 712. The first-order chi connectivity index (χ1) is 13.1. The smallest absolute Gasteiger partial charge is 0.409 e. The lowest BCUT2D eigenvalue weighted by atomic mass is 9.83. The summed E-state index contributed by atoms with van der Waals surface area (Å²) in [5.74, 6) is 0.0713. The number of fused-ring (bicyclic) bond motifs is 2. The molecule has 0 saturated carbocycles. The van der Waals surface area contributed by atoms with Crippen LogP contribution >= 0.6 is 23.7 Å². The zero-order valence-corrected chi connectivity index (χ0v) is 17.8. The van der Waals surface area contributed by atoms with E-state index in [1.807, 2.05) is 4.90 Å². The first kappa shape index (κ1) is 21.4. The molecule has 1 aromatic heterocycles. The number of nitrogens with one attached hydrogen (secondary N) is 1. The Morgan fingerprint density at radius 1 is 1.21 bits per heavy atom. The normalized spacial score (nSPS) is 21.0. The minimum atomic E-state index is -0.291. The molecule has 3 aliphatic heterocycles. The summed E-state index contributed by atoms with van der Waals surface area (Å²) in [6.45, 7) is 6.95. The van der Waals surface area contributed by atoms with Crippen LogP contribution in [0.1, 0.15) is 39.9 Å². The predicted octanol–water partition coefficient (Wildman–Crippen LogP) is 2.24. The van der Waals surface area contributed by atoms with Crippen LogP contribution in [0.3, 0.4) is 0 Å². The van der Waals surface area contributed by atoms with Gasteiger partial charge in [0, 0.05) is 37.5 Å². The molecular weight excluding hydrogens is 402 g/mol. The van der Waals surface area contributed by atoms with E-state index in [0.29, 0.717) is 32.8 Å². The number of halogens is 1. The molecule has 2 saturated heterocycles. The predicted molar refractivity (Wildman–Crippen MR) is 110 cm³/mol. The van der Waals surface area contributed by atoms with Gasteiger partial charge in [0.2, 0.25) is 0 Å². The third kappa shape index (κ3) is 4.01. The average Bonchev–Trinajstić information content (AvgIpc) is 3.14. The van der Waals surface area contributed by atoms with Gasteiger partial charge in [-0.2, -0.15) is 0 Å². The highest BCUT2D eigenvalue weighted by Gasteiger charge is 2.41. The number of thiophene rings is 1. The molecule has 0 aliphatic carbocycles. The average molecular weight is 430 g/mol. The quantitative estimate of drug-likeness (QED) is 0.780. The molecule has 28 heavy (non-hydrogen) atoms. The third-order valence-corrected chi connectivity index (χ3v) is 6.91. The second kappa shape index (κ2) is 8.98. The van der Waals surface area contributed by atoms with Gasteiger partial charge < -0.3 is 24.6 Å². The van der Waals surface area contributed by atoms with Crippen LogP contribution in [0.5, 0.6) is 0 Å². The van der Waals surface area contributed by atoms with Crippen LogP contribution in [-0.4, -0.2) is 74.3 Å². The van der Waals surface area contributed by atoms with E-state index >= 15 is 0 Å². The third-order valence-electron chi connectivity index (χ3n) is 5.72. The van der Waals surface area contributed by atoms with Gasteiger partial charge in [0.15, 0.2) is 0 Å². The van der Waals surface area contributed by atoms with E-state index in [9.17, 15) is 9.59 Å². The van der Waals surface area contributed by atoms with E-state index in [-0.39, 0.29) is 30.0 Å². The van der Waals surface area contributed by atoms with Crippen LogP contribution in [0.2, 0.25) is 0 Å². The number of piperidine rings is 1. The Hall–Kier alpha value is -1.35. The van der Waals surface area contributed by atoms with Gasteiger partial charge in [-0.05, 0) is 44.5 Å². The molecule has 0 atom stereocenters. The zero-order valence-electron chi connectivity index (χ0n) is 16.2. The van der Waals surface area contributed by atoms with Gasteiger partial charge in [0.25, 0.3) is 5.91 Å². The van der Waals surface area contributed by atoms with Crippen LogP contribution in [0.25, 0.3) is 0 Å². The summed E-state index contributed by atoms with van der Waals surface area (Å²) in [5.41, 5.74) is 1.02. The highest BCUT2D eigenvalue weighted by molar-refractivity contribution is 7.14. The number of piperazine rings is 1. The van der Waals surface area contributed by atoms with Gasteiger partial charge in [-0.25, -0.2) is 4.79 Å². The zero-order chi connectivity index (χ0) is 18.9. The molecule has 4 heterocycles. The van der Waals surface area contributed by atoms with Crippen LogP contribution in [0.4, 0.5) is 4.79 Å². The van der Waals surface area contributed by atoms with Gasteiger partial charge in [-0.15, -0.1) is 23.7 Å². The molecule has 1 spiro atoms. The second-order valence-electron chi connectivity index (χ2n) is 7.27. The van der Waals surface area contributed by atoms with Gasteiger partial charge in [-0.1, -0.05) is 0 Å². The Morgan fingerprint density at radius 2 is 1.89 bits per heavy atom. The van der Waals surface area contributed by atoms with Crippen molar-refractivity contribution in [2.75, 3.05) is 52.5 Å². The second-order valence-corrected chi connectivity index (χ2v) is 8.41. The molecule has 2 amide bonds. The Balaban J connectivity index is 0.00000225. The van der Waals surface area contributed by atoms with Gasteiger partial charge in [0.05, 0.1) is 23.7 Å². The number of rotatable bonds is 2. The Kier molecular flexibility index (Phi) is 6.85. The van der Waals surface area contributed by atoms with E-state index in [0.717, 1.165) is 43.8 Å². The van der Waals surface area contributed by atoms with Crippen molar-refractivity contribution >= 4 is 35.7 Å². The summed E-state index contributed by atoms with van der Waals surface area (Å²) in [6.07, 6.45) is 2.52. The minimum absolute atomic E-state index is 0. The standard InChI is InChI=1S/C19H27N3O4S.ClH/c1-2-25-18(24)22-10-8-21(9-11-22)17(23)16-13-14-15(27-16)3-12-26-19(14)4-6-20-7-5-19;/h13,20H,2-12H2,1H3;1H. The number of nitrogens with zero attached hydrogens (tertiary/aromatic N) is 2. The van der Waals surface area contributed by atoms with Crippen LogP contribution < -0.4 is 5.32 Å². The number of carbonyl (C=O) groups is 2. The molecule has 3 aliphatic rings. The van der Waals surface area contributed by atoms with Crippen LogP contribution in [0.15, 0.2) is 6.07 Å². The summed E-state index contributed by atoms with van der Waals surface area (Å²) in [6, 6.07) is 2.07. The maximum atomic E-state index is 13.0. The molecule has 0 bridgehead atoms. The fourth-order valence-electron chi connectivity index (χ4n) is 4.23. The SMILES string of the molecule is CCOC(=O)N1CCN(C(=O)c2cc3c(s2)CCOC32CCNCC2)CC1.Cl. The highest BCUT2D eigenvalue weighted by Crippen LogP contribution is 2.43. The van der Waals surface area contributed by atoms with Gasteiger partial charge >= 0.3 is 6.09 Å². The molecule has 9 heteroatoms. The van der Waals surface area contributed by atoms with Crippen molar-refractivity contribution in [2.45, 2.75) is 31.8 Å². The van der Waals surface area contributed by atoms with Crippen LogP contribution in [-0.2, 0) is 21.5 Å². The fraction of sp³-hybridized carbons (Fsp3) is 0.684. The summed E-state index contributed by atoms with van der Waals surface area (Å²) >= 11 is 1.62. The van der Waals surface area contributed by atoms with E-state index in [1.165, 1.54) is 10.4 Å². The topological polar surface area (TPSA) is 71.1 Å². The monoisotopic (exact) mass is 429 g/mol. The van der Waals surface area contributed by atoms with E-state index in [1.54, 1.807) is 23.2 Å². The van der Waals surface area contributed by atoms with Crippen molar-refractivity contribution in [1.29, 1.82) is 0 Å². The summed E-state index contributed by atoms with van der Waals surface area (Å²) in [5, 5.41) is 3.40. The van der Waals surface area contributed by atoms with Crippen molar-refractivity contribution in [2.24, 2.45) is 0 Å². The van der Waals surface area contributed by atoms with Crippen LogP contribution in [0, 0.1) is 0 Å². The number of hydrogen-bond donors (Lipinski definition) is 1. The van der Waals surface area contributed by atoms with Crippen molar-refractivity contribution in [3.05, 3.63) is 21.4 Å². The molecule has 156 valence electrons. The number of carbonyl (C=O) groups excluding carboxylic acids is 2. The number of amides is 2. The number of ether oxygens (including phenoxy) is 2. The summed E-state index contributed by atoms with van der Waals surface area (Å²) in [4.78, 5) is 30.5. The molecule has 0 radical (unpaired) electrons. The highest BCUT2D eigenvalue weighted by atomic mass is 35.5. The lowest BCUT2D eigenvalue weighted by molar-refractivity contribution is -0.0792. The van der Waals surface area contributed by atoms with E-state index < -0.39 is 0 Å². The maximum absolute atomic E-state index is 13.0. The molecule has 0 unspecified atom stereocenters. The molecule has 1 N–H and O–H groups in total. The largest absolute Gasteiger partial charge is 0.450 e. The summed E-state index contributed by atoms with van der Waals surface area (Å²) < 4.78 is 11.3. The van der Waals surface area contributed by atoms with E-state index in [4.69, 9.17) is 9.47 Å². The lowest BCUT2D eigenvalue weighted by Crippen LogP contribution is -2.50. The molecule has 7 nitrogen and oxygen atoms in total. The Labute approximate surface area is 175 Å². The Morgan fingerprint density at radius 3 is 2.57 bits per heavy atom. The first-order valence-corrected chi connectivity index (χ1v) is 10.6. The maximum Gasteiger partial charge on any atom is 0.409 e. The first-order valence-electron chi connectivity index (χ1n) is 9.82. The van der Waals surface area contributed by atoms with Gasteiger partial charge in [-0.3, -0.25) is 4.79 Å². The van der Waals surface area contributed by atoms with Crippen molar-refractivity contribution in [1.82, 2.24) is 15.1 Å². The van der Waals surface area contributed by atoms with Crippen molar-refractivity contribution in [3.63, 3.8) is 0 Å². The number of hydrogen-bond acceptors (Lipinski definition) is 6. The molecular formula is C19H28ClN3O4S. The van der Waals surface area contributed by atoms with E-state index in [2.05, 4.69) is 11.4 Å². The molecule has 1 aromatic rings. The molecule has 2 fully saturated rings. The van der Waals surface area contributed by atoms with Gasteiger partial charge in [0.1, 0.15) is 0 Å². The lowest BCUT2D eigenvalue weighted by Gasteiger charge is -2.40. The fourth-order valence-corrected chi connectivity index (χ4v) is 5.43. The molecule has 0 aromatic carbocycles. The van der Waals surface area contributed by atoms with Crippen molar-refractivity contribution in [3.8, 4) is 0 Å². The minimum Gasteiger partial charge on any atom is -0.450 e. The summed E-state index contributed by atoms with van der Waals surface area (Å²) in [7, 11) is 0.